The van der Waals surface area contributed by atoms with E-state index in [1.165, 1.54) is 0 Å². The van der Waals surface area contributed by atoms with Gasteiger partial charge in [0.15, 0.2) is 0 Å². The van der Waals surface area contributed by atoms with Crippen LogP contribution in [0.15, 0.2) is 60.8 Å². The van der Waals surface area contributed by atoms with Crippen molar-refractivity contribution in [2.75, 3.05) is 5.32 Å². The van der Waals surface area contributed by atoms with Crippen LogP contribution in [0.25, 0.3) is 11.6 Å². The van der Waals surface area contributed by atoms with Crippen LogP contribution in [-0.4, -0.2) is 16.0 Å². The molecule has 4 heteroatoms. The number of anilines is 1. The van der Waals surface area contributed by atoms with Crippen LogP contribution in [-0.2, 0) is 4.79 Å². The van der Waals surface area contributed by atoms with E-state index in [1.54, 1.807) is 24.3 Å². The molecule has 0 radical (unpaired) electrons. The minimum atomic E-state index is -0.117. The molecule has 0 unspecified atom stereocenters. The maximum atomic E-state index is 12.2. The van der Waals surface area contributed by atoms with E-state index in [0.717, 1.165) is 28.1 Å². The summed E-state index contributed by atoms with van der Waals surface area (Å²) in [6.45, 7) is 0. The Morgan fingerprint density at radius 1 is 0.960 bits per heavy atom. The fourth-order valence-corrected chi connectivity index (χ4v) is 2.69. The molecule has 1 aliphatic rings. The van der Waals surface area contributed by atoms with Crippen molar-refractivity contribution in [3.05, 3.63) is 83.2 Å². The number of phenolic OH excluding ortho intramolecular Hbond substituents is 1. The minimum Gasteiger partial charge on any atom is -0.508 e. The standard InChI is InChI=1S/C21H14N2O2/c24-17-8-5-14(6-9-17)3-4-15-7-10-20-18(12-15)19(21(25)23-20)13-16-2-1-11-22-16/h1-2,5-13,22,24H,(H,23,25)/b19-13-. The molecule has 3 aromatic rings. The van der Waals surface area contributed by atoms with Gasteiger partial charge in [-0.1, -0.05) is 11.8 Å². The van der Waals surface area contributed by atoms with Crippen molar-refractivity contribution in [3.8, 4) is 17.6 Å². The molecule has 0 saturated heterocycles. The number of rotatable bonds is 1. The molecule has 0 bridgehead atoms. The number of aromatic nitrogens is 1. The van der Waals surface area contributed by atoms with Gasteiger partial charge >= 0.3 is 0 Å². The summed E-state index contributed by atoms with van der Waals surface area (Å²) in [6, 6.07) is 16.2. The quantitative estimate of drug-likeness (QED) is 0.472. The van der Waals surface area contributed by atoms with Crippen LogP contribution < -0.4 is 5.32 Å². The zero-order valence-electron chi connectivity index (χ0n) is 13.2. The Labute approximate surface area is 144 Å². The lowest BCUT2D eigenvalue weighted by Crippen LogP contribution is -2.03. The molecule has 25 heavy (non-hydrogen) atoms. The van der Waals surface area contributed by atoms with Crippen molar-refractivity contribution in [2.45, 2.75) is 0 Å². The average molecular weight is 326 g/mol. The molecule has 1 aliphatic heterocycles. The third-order valence-corrected chi connectivity index (χ3v) is 3.94. The number of fused-ring (bicyclic) bond motifs is 1. The summed E-state index contributed by atoms with van der Waals surface area (Å²) in [4.78, 5) is 15.3. The first kappa shape index (κ1) is 14.9. The summed E-state index contributed by atoms with van der Waals surface area (Å²) in [5.41, 5.74) is 4.76. The molecule has 1 amide bonds. The number of hydrogen-bond acceptors (Lipinski definition) is 2. The number of nitrogens with one attached hydrogen (secondary N) is 2. The SMILES string of the molecule is O=C1Nc2ccc(C#Cc3ccc(O)cc3)cc2/C1=C/c1ccc[nH]1. The van der Waals surface area contributed by atoms with Gasteiger partial charge in [0.05, 0.1) is 5.57 Å². The monoisotopic (exact) mass is 326 g/mol. The predicted octanol–water partition coefficient (Wildman–Crippen LogP) is 3.61. The van der Waals surface area contributed by atoms with Gasteiger partial charge in [-0.15, -0.1) is 0 Å². The van der Waals surface area contributed by atoms with Crippen molar-refractivity contribution in [1.82, 2.24) is 4.98 Å². The van der Waals surface area contributed by atoms with Crippen molar-refractivity contribution in [3.63, 3.8) is 0 Å². The van der Waals surface area contributed by atoms with Crippen LogP contribution >= 0.6 is 0 Å². The molecule has 0 saturated carbocycles. The number of benzene rings is 2. The van der Waals surface area contributed by atoms with Gasteiger partial charge in [0.1, 0.15) is 5.75 Å². The second kappa shape index (κ2) is 6.06. The third-order valence-electron chi connectivity index (χ3n) is 3.94. The molecule has 3 N–H and O–H groups in total. The maximum absolute atomic E-state index is 12.2. The molecule has 1 aromatic heterocycles. The zero-order chi connectivity index (χ0) is 17.2. The lowest BCUT2D eigenvalue weighted by molar-refractivity contribution is -0.110. The average Bonchev–Trinajstić information content (AvgIpc) is 3.23. The van der Waals surface area contributed by atoms with Crippen molar-refractivity contribution >= 4 is 23.2 Å². The van der Waals surface area contributed by atoms with Gasteiger partial charge in [0.2, 0.25) is 0 Å². The highest BCUT2D eigenvalue weighted by Crippen LogP contribution is 2.33. The highest BCUT2D eigenvalue weighted by molar-refractivity contribution is 6.34. The zero-order valence-corrected chi connectivity index (χ0v) is 13.2. The molecule has 4 rings (SSSR count). The lowest BCUT2D eigenvalue weighted by Gasteiger charge is -1.99. The van der Waals surface area contributed by atoms with Crippen LogP contribution in [0.2, 0.25) is 0 Å². The molecule has 0 fully saturated rings. The number of carbonyl (C=O) groups excluding carboxylic acids is 1. The van der Waals surface area contributed by atoms with E-state index in [-0.39, 0.29) is 11.7 Å². The molecule has 0 aliphatic carbocycles. The van der Waals surface area contributed by atoms with Gasteiger partial charge in [-0.05, 0) is 60.7 Å². The Bertz CT molecular complexity index is 1030. The molecule has 2 heterocycles. The van der Waals surface area contributed by atoms with Gasteiger partial charge in [-0.2, -0.15) is 0 Å². The normalized spacial score (nSPS) is 13.9. The van der Waals surface area contributed by atoms with E-state index in [4.69, 9.17) is 0 Å². The predicted molar refractivity (Wildman–Crippen MR) is 97.8 cm³/mol. The highest BCUT2D eigenvalue weighted by atomic mass is 16.3. The van der Waals surface area contributed by atoms with Crippen molar-refractivity contribution in [1.29, 1.82) is 0 Å². The van der Waals surface area contributed by atoms with Gasteiger partial charge in [-0.3, -0.25) is 4.79 Å². The van der Waals surface area contributed by atoms with E-state index in [0.29, 0.717) is 5.57 Å². The molecule has 120 valence electrons. The summed E-state index contributed by atoms with van der Waals surface area (Å²) < 4.78 is 0. The smallest absolute Gasteiger partial charge is 0.256 e. The Balaban J connectivity index is 1.69. The van der Waals surface area contributed by atoms with E-state index in [1.807, 2.05) is 42.6 Å². The van der Waals surface area contributed by atoms with Crippen LogP contribution in [0.4, 0.5) is 5.69 Å². The number of carbonyl (C=O) groups is 1. The fraction of sp³-hybridized carbons (Fsp3) is 0. The number of hydrogen-bond donors (Lipinski definition) is 3. The highest BCUT2D eigenvalue weighted by Gasteiger charge is 2.24. The Kier molecular flexibility index (Phi) is 3.60. The summed E-state index contributed by atoms with van der Waals surface area (Å²) in [6.07, 6.45) is 3.65. The number of H-pyrrole nitrogens is 1. The molecular weight excluding hydrogens is 312 g/mol. The fourth-order valence-electron chi connectivity index (χ4n) is 2.69. The number of aromatic hydroxyl groups is 1. The Hall–Kier alpha value is -3.71. The maximum Gasteiger partial charge on any atom is 0.256 e. The second-order valence-electron chi connectivity index (χ2n) is 5.69. The van der Waals surface area contributed by atoms with E-state index in [2.05, 4.69) is 22.1 Å². The van der Waals surface area contributed by atoms with Gasteiger partial charge in [0, 0.05) is 34.3 Å². The summed E-state index contributed by atoms with van der Waals surface area (Å²) in [5, 5.41) is 12.2. The second-order valence-corrected chi connectivity index (χ2v) is 5.69. The van der Waals surface area contributed by atoms with Gasteiger partial charge in [-0.25, -0.2) is 0 Å². The van der Waals surface area contributed by atoms with Crippen molar-refractivity contribution < 1.29 is 9.90 Å². The Morgan fingerprint density at radius 2 is 1.72 bits per heavy atom. The van der Waals surface area contributed by atoms with E-state index in [9.17, 15) is 9.90 Å². The third kappa shape index (κ3) is 3.04. The van der Waals surface area contributed by atoms with Crippen LogP contribution in [0.5, 0.6) is 5.75 Å². The van der Waals surface area contributed by atoms with E-state index < -0.39 is 0 Å². The van der Waals surface area contributed by atoms with Crippen molar-refractivity contribution in [2.24, 2.45) is 0 Å². The summed E-state index contributed by atoms with van der Waals surface area (Å²) >= 11 is 0. The van der Waals surface area contributed by atoms with E-state index >= 15 is 0 Å². The van der Waals surface area contributed by atoms with Crippen LogP contribution in [0.1, 0.15) is 22.4 Å². The first-order valence-corrected chi connectivity index (χ1v) is 7.81. The van der Waals surface area contributed by atoms with Gasteiger partial charge in [0.25, 0.3) is 5.91 Å². The summed E-state index contributed by atoms with van der Waals surface area (Å²) in [5.74, 6) is 6.25. The largest absolute Gasteiger partial charge is 0.508 e. The topological polar surface area (TPSA) is 65.1 Å². The molecule has 0 spiro atoms. The summed E-state index contributed by atoms with van der Waals surface area (Å²) in [7, 11) is 0. The van der Waals surface area contributed by atoms with Gasteiger partial charge < -0.3 is 15.4 Å². The first-order chi connectivity index (χ1) is 12.2. The minimum absolute atomic E-state index is 0.117. The number of phenols is 1. The van der Waals surface area contributed by atoms with Crippen LogP contribution in [0.3, 0.4) is 0 Å². The molecule has 2 aromatic carbocycles. The van der Waals surface area contributed by atoms with Crippen LogP contribution in [0, 0.1) is 11.8 Å². The lowest BCUT2D eigenvalue weighted by atomic mass is 10.0. The Morgan fingerprint density at radius 3 is 2.48 bits per heavy atom. The number of aromatic amines is 1. The first-order valence-electron chi connectivity index (χ1n) is 7.81. The number of amides is 1. The molecule has 4 nitrogen and oxygen atoms in total. The molecular formula is C21H14N2O2. The molecule has 0 atom stereocenters.